The quantitative estimate of drug-likeness (QED) is 0.532. The summed E-state index contributed by atoms with van der Waals surface area (Å²) in [5.41, 5.74) is 1.19. The number of guanidine groups is 1. The Morgan fingerprint density at radius 2 is 1.92 bits per heavy atom. The second-order valence-electron chi connectivity index (χ2n) is 6.29. The van der Waals surface area contributed by atoms with Crippen LogP contribution >= 0.6 is 11.8 Å². The van der Waals surface area contributed by atoms with Crippen LogP contribution < -0.4 is 20.1 Å². The molecule has 7 heteroatoms. The normalized spacial score (nSPS) is 16.8. The third-order valence-electron chi connectivity index (χ3n) is 4.79. The van der Waals surface area contributed by atoms with Crippen molar-refractivity contribution < 1.29 is 14.2 Å². The molecule has 0 aromatic heterocycles. The summed E-state index contributed by atoms with van der Waals surface area (Å²) >= 11 is 1.92. The second kappa shape index (κ2) is 10.5. The van der Waals surface area contributed by atoms with E-state index in [1.807, 2.05) is 30.9 Å². The summed E-state index contributed by atoms with van der Waals surface area (Å²) in [5, 5.41) is 6.87. The summed E-state index contributed by atoms with van der Waals surface area (Å²) in [6, 6.07) is 6.01. The monoisotopic (exact) mass is 381 g/mol. The summed E-state index contributed by atoms with van der Waals surface area (Å²) in [7, 11) is 5.11. The molecule has 1 aliphatic heterocycles. The number of hydrogen-bond donors (Lipinski definition) is 2. The van der Waals surface area contributed by atoms with E-state index in [0.717, 1.165) is 63.0 Å². The van der Waals surface area contributed by atoms with Crippen LogP contribution in [0.1, 0.15) is 18.4 Å². The maximum atomic E-state index is 5.50. The van der Waals surface area contributed by atoms with E-state index in [-0.39, 0.29) is 4.75 Å². The first-order valence-electron chi connectivity index (χ1n) is 8.94. The summed E-state index contributed by atoms with van der Waals surface area (Å²) in [6.07, 6.45) is 5.20. The van der Waals surface area contributed by atoms with E-state index in [0.29, 0.717) is 0 Å². The lowest BCUT2D eigenvalue weighted by atomic mass is 9.99. The van der Waals surface area contributed by atoms with Crippen molar-refractivity contribution in [1.82, 2.24) is 10.6 Å². The molecular weight excluding hydrogens is 350 g/mol. The molecule has 0 amide bonds. The predicted molar refractivity (Wildman–Crippen MR) is 109 cm³/mol. The van der Waals surface area contributed by atoms with Crippen molar-refractivity contribution in [3.63, 3.8) is 0 Å². The van der Waals surface area contributed by atoms with Gasteiger partial charge in [0.05, 0.1) is 14.2 Å². The van der Waals surface area contributed by atoms with Crippen molar-refractivity contribution in [3.05, 3.63) is 23.8 Å². The molecule has 0 radical (unpaired) electrons. The maximum absolute atomic E-state index is 5.50. The minimum absolute atomic E-state index is 0.235. The van der Waals surface area contributed by atoms with E-state index >= 15 is 0 Å². The summed E-state index contributed by atoms with van der Waals surface area (Å²) in [4.78, 5) is 4.34. The largest absolute Gasteiger partial charge is 0.493 e. The molecule has 1 aliphatic rings. The maximum Gasteiger partial charge on any atom is 0.191 e. The molecule has 0 atom stereocenters. The molecule has 0 saturated carbocycles. The lowest BCUT2D eigenvalue weighted by Gasteiger charge is -2.36. The van der Waals surface area contributed by atoms with Crippen LogP contribution in [0.4, 0.5) is 0 Å². The molecule has 0 bridgehead atoms. The van der Waals surface area contributed by atoms with Gasteiger partial charge in [-0.05, 0) is 43.2 Å². The van der Waals surface area contributed by atoms with Gasteiger partial charge in [-0.3, -0.25) is 4.99 Å². The van der Waals surface area contributed by atoms with E-state index in [9.17, 15) is 0 Å². The van der Waals surface area contributed by atoms with Crippen LogP contribution in [0, 0.1) is 0 Å². The fraction of sp³-hybridized carbons (Fsp3) is 0.632. The number of ether oxygens (including phenoxy) is 3. The highest BCUT2D eigenvalue weighted by molar-refractivity contribution is 8.00. The Kier molecular flexibility index (Phi) is 8.38. The molecule has 2 N–H and O–H groups in total. The van der Waals surface area contributed by atoms with Gasteiger partial charge in [0, 0.05) is 38.1 Å². The summed E-state index contributed by atoms with van der Waals surface area (Å²) in [5.74, 6) is 2.35. The lowest BCUT2D eigenvalue weighted by Crippen LogP contribution is -2.48. The Labute approximate surface area is 161 Å². The number of hydrogen-bond acceptors (Lipinski definition) is 5. The first kappa shape index (κ1) is 20.7. The summed E-state index contributed by atoms with van der Waals surface area (Å²) < 4.78 is 16.4. The van der Waals surface area contributed by atoms with Gasteiger partial charge in [0.15, 0.2) is 17.5 Å². The second-order valence-corrected chi connectivity index (χ2v) is 7.57. The van der Waals surface area contributed by atoms with Crippen LogP contribution in [0.15, 0.2) is 23.2 Å². The van der Waals surface area contributed by atoms with Crippen molar-refractivity contribution in [1.29, 1.82) is 0 Å². The van der Waals surface area contributed by atoms with Crippen LogP contribution in [0.3, 0.4) is 0 Å². The third-order valence-corrected chi connectivity index (χ3v) is 6.21. The Morgan fingerprint density at radius 1 is 1.19 bits per heavy atom. The van der Waals surface area contributed by atoms with E-state index in [1.54, 1.807) is 14.2 Å². The van der Waals surface area contributed by atoms with Gasteiger partial charge < -0.3 is 24.8 Å². The Balaban J connectivity index is 1.81. The molecule has 1 aromatic rings. The molecule has 2 rings (SSSR count). The fourth-order valence-electron chi connectivity index (χ4n) is 3.02. The Morgan fingerprint density at radius 3 is 2.54 bits per heavy atom. The van der Waals surface area contributed by atoms with Gasteiger partial charge in [0.2, 0.25) is 0 Å². The number of nitrogens with zero attached hydrogens (tertiary/aromatic N) is 1. The van der Waals surface area contributed by atoms with Gasteiger partial charge >= 0.3 is 0 Å². The molecule has 6 nitrogen and oxygen atoms in total. The average Bonchev–Trinajstić information content (AvgIpc) is 2.71. The van der Waals surface area contributed by atoms with Crippen LogP contribution in [0.25, 0.3) is 0 Å². The molecule has 0 spiro atoms. The summed E-state index contributed by atoms with van der Waals surface area (Å²) in [6.45, 7) is 3.37. The molecule has 146 valence electrons. The van der Waals surface area contributed by atoms with Gasteiger partial charge in [0.1, 0.15) is 0 Å². The van der Waals surface area contributed by atoms with Crippen molar-refractivity contribution in [2.75, 3.05) is 53.8 Å². The highest BCUT2D eigenvalue weighted by atomic mass is 32.2. The highest BCUT2D eigenvalue weighted by Crippen LogP contribution is 2.33. The molecule has 26 heavy (non-hydrogen) atoms. The molecule has 1 fully saturated rings. The fourth-order valence-corrected chi connectivity index (χ4v) is 3.81. The van der Waals surface area contributed by atoms with Gasteiger partial charge in [0.25, 0.3) is 0 Å². The molecule has 0 unspecified atom stereocenters. The number of nitrogens with one attached hydrogen (secondary N) is 2. The Bertz CT molecular complexity index is 589. The number of methoxy groups -OCH3 is 2. The van der Waals surface area contributed by atoms with E-state index < -0.39 is 0 Å². The minimum Gasteiger partial charge on any atom is -0.493 e. The average molecular weight is 382 g/mol. The van der Waals surface area contributed by atoms with E-state index in [1.165, 1.54) is 5.56 Å². The van der Waals surface area contributed by atoms with Crippen molar-refractivity contribution in [2.24, 2.45) is 4.99 Å². The highest BCUT2D eigenvalue weighted by Gasteiger charge is 2.31. The predicted octanol–water partition coefficient (Wildman–Crippen LogP) is 2.32. The molecular formula is C19H31N3O3S. The van der Waals surface area contributed by atoms with Crippen molar-refractivity contribution >= 4 is 17.7 Å². The zero-order valence-electron chi connectivity index (χ0n) is 16.3. The van der Waals surface area contributed by atoms with Crippen LogP contribution in [-0.2, 0) is 11.2 Å². The van der Waals surface area contributed by atoms with Crippen molar-refractivity contribution in [3.8, 4) is 11.5 Å². The number of thioether (sulfide) groups is 1. The van der Waals surface area contributed by atoms with Crippen molar-refractivity contribution in [2.45, 2.75) is 24.0 Å². The first-order chi connectivity index (χ1) is 12.7. The topological polar surface area (TPSA) is 64.1 Å². The molecule has 0 aliphatic carbocycles. The van der Waals surface area contributed by atoms with Gasteiger partial charge in [-0.15, -0.1) is 0 Å². The smallest absolute Gasteiger partial charge is 0.191 e. The van der Waals surface area contributed by atoms with Crippen LogP contribution in [0.2, 0.25) is 0 Å². The zero-order valence-corrected chi connectivity index (χ0v) is 17.1. The molecule has 1 aromatic carbocycles. The van der Waals surface area contributed by atoms with Crippen LogP contribution in [-0.4, -0.2) is 64.5 Å². The minimum atomic E-state index is 0.235. The van der Waals surface area contributed by atoms with Gasteiger partial charge in [-0.1, -0.05) is 6.07 Å². The number of benzene rings is 1. The SMILES string of the molecule is CN=C(NCCc1ccc(OC)c(OC)c1)NCC1(SC)CCOCC1. The van der Waals surface area contributed by atoms with E-state index in [4.69, 9.17) is 14.2 Å². The standard InChI is InChI=1S/C19H31N3O3S/c1-20-18(22-14-19(26-4)8-11-25-12-9-19)21-10-7-15-5-6-16(23-2)17(13-15)24-3/h5-6,13H,7-12,14H2,1-4H3,(H2,20,21,22). The number of aliphatic imine (C=N–C) groups is 1. The zero-order chi connectivity index (χ0) is 18.8. The molecule has 1 saturated heterocycles. The lowest BCUT2D eigenvalue weighted by molar-refractivity contribution is 0.0783. The van der Waals surface area contributed by atoms with Gasteiger partial charge in [-0.2, -0.15) is 11.8 Å². The first-order valence-corrected chi connectivity index (χ1v) is 10.2. The van der Waals surface area contributed by atoms with Gasteiger partial charge in [-0.25, -0.2) is 0 Å². The van der Waals surface area contributed by atoms with E-state index in [2.05, 4.69) is 27.9 Å². The number of rotatable bonds is 8. The third kappa shape index (κ3) is 5.71. The molecule has 1 heterocycles. The van der Waals surface area contributed by atoms with Crippen LogP contribution in [0.5, 0.6) is 11.5 Å². The Hall–Kier alpha value is -1.60.